The lowest BCUT2D eigenvalue weighted by Gasteiger charge is -1.95. The van der Waals surface area contributed by atoms with E-state index in [4.69, 9.17) is 11.6 Å². The van der Waals surface area contributed by atoms with Gasteiger partial charge in [-0.15, -0.1) is 0 Å². The first-order valence-corrected chi connectivity index (χ1v) is 2.61. The molecule has 10 heavy (non-hydrogen) atoms. The maximum Gasteiger partial charge on any atom is 0.214 e. The third-order valence-electron chi connectivity index (χ3n) is 1.07. The highest BCUT2D eigenvalue weighted by atomic mass is 16.3. The summed E-state index contributed by atoms with van der Waals surface area (Å²) in [6.45, 7) is 0. The molecular weight excluding hydrogens is 132 g/mol. The number of phenols is 2. The smallest absolute Gasteiger partial charge is 0.214 e. The number of aromatic hydroxyl groups is 2. The molecule has 0 aliphatic heterocycles. The maximum atomic E-state index is 9.03. The minimum absolute atomic E-state index is 0.0496. The van der Waals surface area contributed by atoms with Gasteiger partial charge in [0.25, 0.3) is 0 Å². The second-order valence-electron chi connectivity index (χ2n) is 1.77. The van der Waals surface area contributed by atoms with Crippen molar-refractivity contribution in [1.29, 1.82) is 5.52 Å². The molecule has 4 heteroatoms. The Labute approximate surface area is 58.7 Å². The fourth-order valence-electron chi connectivity index (χ4n) is 0.596. The molecule has 0 radical (unpaired) electrons. The summed E-state index contributed by atoms with van der Waals surface area (Å²) in [5, 5.41) is 21.1. The Morgan fingerprint density at radius 1 is 1.50 bits per heavy atom. The lowest BCUT2D eigenvalue weighted by atomic mass is 10.3. The Morgan fingerprint density at radius 3 is 2.90 bits per heavy atom. The number of hydrogen-bond acceptors (Lipinski definition) is 4. The van der Waals surface area contributed by atoms with Crippen molar-refractivity contribution >= 4 is 5.69 Å². The van der Waals surface area contributed by atoms with E-state index in [1.165, 1.54) is 12.1 Å². The van der Waals surface area contributed by atoms with Crippen LogP contribution in [0.5, 0.6) is 11.5 Å². The number of nitrogens with one attached hydrogen (secondary N) is 1. The monoisotopic (exact) mass is 139 g/mol. The molecule has 52 valence electrons. The van der Waals surface area contributed by atoms with Crippen molar-refractivity contribution in [2.24, 2.45) is 5.11 Å². The Hall–Kier alpha value is -1.58. The fourth-order valence-corrected chi connectivity index (χ4v) is 0.596. The van der Waals surface area contributed by atoms with Crippen molar-refractivity contribution in [3.8, 4) is 11.5 Å². The molecule has 0 saturated heterocycles. The van der Waals surface area contributed by atoms with Crippen molar-refractivity contribution in [1.82, 2.24) is 0 Å². The van der Waals surface area contributed by atoms with Crippen LogP contribution in [-0.2, 0) is 0 Å². The SMILES string of the molecule is [2H]N=Nc1ccc(O)cc1O. The normalized spacial score (nSPS) is 11.8. The van der Waals surface area contributed by atoms with Gasteiger partial charge in [-0.1, -0.05) is 0 Å². The van der Waals surface area contributed by atoms with Gasteiger partial charge in [-0.3, -0.25) is 0 Å². The third-order valence-corrected chi connectivity index (χ3v) is 1.07. The number of nitrogens with zero attached hydrogens (tertiary/aromatic N) is 1. The maximum absolute atomic E-state index is 9.03. The van der Waals surface area contributed by atoms with E-state index < -0.39 is 0 Å². The summed E-state index contributed by atoms with van der Waals surface area (Å²) in [7, 11) is 0. The minimum Gasteiger partial charge on any atom is -0.508 e. The molecule has 0 aromatic heterocycles. The molecule has 0 unspecified atom stereocenters. The van der Waals surface area contributed by atoms with Crippen LogP contribution < -0.4 is 0 Å². The van der Waals surface area contributed by atoms with Crippen LogP contribution in [0.15, 0.2) is 23.3 Å². The fraction of sp³-hybridized carbons (Fsp3) is 0. The molecule has 1 aromatic rings. The molecule has 3 N–H and O–H groups in total. The minimum atomic E-state index is -0.194. The second-order valence-corrected chi connectivity index (χ2v) is 1.77. The molecule has 0 spiro atoms. The molecule has 0 heterocycles. The molecule has 0 amide bonds. The average molecular weight is 139 g/mol. The van der Waals surface area contributed by atoms with Gasteiger partial charge in [0.1, 0.15) is 17.2 Å². The van der Waals surface area contributed by atoms with Crippen molar-refractivity contribution in [3.05, 3.63) is 18.2 Å². The van der Waals surface area contributed by atoms with E-state index in [1.807, 2.05) is 0 Å². The lowest BCUT2D eigenvalue weighted by molar-refractivity contribution is 0.451. The molecule has 4 nitrogen and oxygen atoms in total. The van der Waals surface area contributed by atoms with E-state index in [9.17, 15) is 0 Å². The zero-order valence-corrected chi connectivity index (χ0v) is 5.02. The Kier molecular flexibility index (Phi) is 1.23. The standard InChI is InChI=1S/C6H6N2O2/c7-8-5-2-1-4(9)3-6(5)10/h1-3,7,9-10H/i/hD. The molecule has 0 fully saturated rings. The first-order chi connectivity index (χ1) is 5.24. The largest absolute Gasteiger partial charge is 0.508 e. The van der Waals surface area contributed by atoms with Crippen LogP contribution in [0.2, 0.25) is 1.41 Å². The number of hydrogen-bond donors (Lipinski definition) is 3. The molecule has 0 atom stereocenters. The highest BCUT2D eigenvalue weighted by molar-refractivity contribution is 5.52. The van der Waals surface area contributed by atoms with Crippen molar-refractivity contribution in [2.75, 3.05) is 0 Å². The topological polar surface area (TPSA) is 76.7 Å². The van der Waals surface area contributed by atoms with Crippen LogP contribution in [-0.4, -0.2) is 10.2 Å². The van der Waals surface area contributed by atoms with Crippen LogP contribution in [0.4, 0.5) is 5.69 Å². The summed E-state index contributed by atoms with van der Waals surface area (Å²) in [5.41, 5.74) is 2.89. The van der Waals surface area contributed by atoms with Gasteiger partial charge in [0.2, 0.25) is 1.41 Å². The van der Waals surface area contributed by atoms with E-state index >= 15 is 0 Å². The summed E-state index contributed by atoms with van der Waals surface area (Å²) in [5.74, 6) is -0.243. The van der Waals surface area contributed by atoms with Gasteiger partial charge < -0.3 is 10.2 Å². The third kappa shape index (κ3) is 1.05. The van der Waals surface area contributed by atoms with E-state index in [0.717, 1.165) is 6.07 Å². The first kappa shape index (κ1) is 5.22. The van der Waals surface area contributed by atoms with E-state index in [2.05, 4.69) is 10.6 Å². The van der Waals surface area contributed by atoms with Gasteiger partial charge in [-0.2, -0.15) is 5.11 Å². The van der Waals surface area contributed by atoms with E-state index in [1.54, 1.807) is 0 Å². The highest BCUT2D eigenvalue weighted by Crippen LogP contribution is 2.28. The zero-order valence-electron chi connectivity index (χ0n) is 6.02. The van der Waals surface area contributed by atoms with Crippen LogP contribution in [0.1, 0.15) is 0 Å². The predicted octanol–water partition coefficient (Wildman–Crippen LogP) is 1.76. The molecule has 0 saturated carbocycles. The van der Waals surface area contributed by atoms with Gasteiger partial charge in [0, 0.05) is 6.07 Å². The Morgan fingerprint density at radius 2 is 2.30 bits per heavy atom. The highest BCUT2D eigenvalue weighted by Gasteiger charge is 1.98. The van der Waals surface area contributed by atoms with E-state index in [-0.39, 0.29) is 17.2 Å². The van der Waals surface area contributed by atoms with Gasteiger partial charge in [0.05, 0.1) is 0 Å². The lowest BCUT2D eigenvalue weighted by Crippen LogP contribution is -1.66. The zero-order chi connectivity index (χ0) is 8.27. The van der Waals surface area contributed by atoms with Gasteiger partial charge in [0.15, 0.2) is 0 Å². The summed E-state index contributed by atoms with van der Waals surface area (Å²) >= 11 is 0. The van der Waals surface area contributed by atoms with Crippen molar-refractivity contribution in [2.45, 2.75) is 0 Å². The van der Waals surface area contributed by atoms with Crippen LogP contribution in [0, 0.1) is 5.52 Å². The van der Waals surface area contributed by atoms with Gasteiger partial charge >= 0.3 is 0 Å². The van der Waals surface area contributed by atoms with Crippen LogP contribution >= 0.6 is 0 Å². The Balaban J connectivity index is 3.09. The Bertz CT molecular complexity index is 288. The van der Waals surface area contributed by atoms with E-state index in [0.29, 0.717) is 0 Å². The molecular formula is C6H6N2O2. The summed E-state index contributed by atoms with van der Waals surface area (Å²) in [4.78, 5) is 0. The summed E-state index contributed by atoms with van der Waals surface area (Å²) < 4.78 is 6.38. The average Bonchev–Trinajstić information content (AvgIpc) is 1.95. The summed E-state index contributed by atoms with van der Waals surface area (Å²) in [6.07, 6.45) is 0. The predicted molar refractivity (Wildman–Crippen MR) is 34.6 cm³/mol. The molecule has 0 aliphatic carbocycles. The van der Waals surface area contributed by atoms with Crippen LogP contribution in [0.3, 0.4) is 0 Å². The van der Waals surface area contributed by atoms with Crippen molar-refractivity contribution < 1.29 is 11.6 Å². The summed E-state index contributed by atoms with van der Waals surface area (Å²) in [6, 6.07) is 3.84. The number of benzene rings is 1. The second kappa shape index (κ2) is 2.34. The molecule has 0 bridgehead atoms. The first-order valence-electron chi connectivity index (χ1n) is 3.06. The molecule has 1 aromatic carbocycles. The molecule has 1 rings (SSSR count). The van der Waals surface area contributed by atoms with Crippen molar-refractivity contribution in [3.63, 3.8) is 0 Å². The quantitative estimate of drug-likeness (QED) is 0.518. The van der Waals surface area contributed by atoms with Crippen LogP contribution in [0.25, 0.3) is 0 Å². The number of phenolic OH excluding ortho intramolecular Hbond substituents is 2. The van der Waals surface area contributed by atoms with Gasteiger partial charge in [-0.05, 0) is 12.1 Å². The number of rotatable bonds is 1. The van der Waals surface area contributed by atoms with Gasteiger partial charge in [-0.25, -0.2) is 5.52 Å². The molecule has 0 aliphatic rings.